The fraction of sp³-hybridized carbons (Fsp3) is 0.235. The number of carbonyl (C=O) groups is 1. The van der Waals surface area contributed by atoms with Gasteiger partial charge in [-0.1, -0.05) is 30.3 Å². The lowest BCUT2D eigenvalue weighted by molar-refractivity contribution is 0.0704. The van der Waals surface area contributed by atoms with Crippen LogP contribution in [0.1, 0.15) is 28.4 Å². The van der Waals surface area contributed by atoms with E-state index in [1.807, 2.05) is 18.2 Å². The summed E-state index contributed by atoms with van der Waals surface area (Å²) in [7, 11) is 1.50. The summed E-state index contributed by atoms with van der Waals surface area (Å²) in [5.74, 6) is -4.11. The van der Waals surface area contributed by atoms with Gasteiger partial charge in [0.05, 0.1) is 6.04 Å². The van der Waals surface area contributed by atoms with Crippen molar-refractivity contribution in [3.8, 4) is 5.75 Å². The number of benzene rings is 2. The maximum Gasteiger partial charge on any atom is 0.254 e. The lowest BCUT2D eigenvalue weighted by atomic mass is 10.0. The van der Waals surface area contributed by atoms with Gasteiger partial charge in [0.1, 0.15) is 0 Å². The molecule has 2 rings (SSSR count). The van der Waals surface area contributed by atoms with Gasteiger partial charge in [0.2, 0.25) is 0 Å². The SMILES string of the molecule is CN(C(=O)c1cc(F)c(O)c(F)c1)C(CCO)c1ccccc1. The lowest BCUT2D eigenvalue weighted by Crippen LogP contribution is -2.32. The molecule has 2 aromatic rings. The Morgan fingerprint density at radius 2 is 1.74 bits per heavy atom. The number of hydrogen-bond acceptors (Lipinski definition) is 3. The normalized spacial score (nSPS) is 12.0. The topological polar surface area (TPSA) is 60.8 Å². The first-order valence-corrected chi connectivity index (χ1v) is 7.06. The first-order chi connectivity index (χ1) is 11.0. The molecule has 0 aliphatic rings. The highest BCUT2D eigenvalue weighted by atomic mass is 19.1. The van der Waals surface area contributed by atoms with Crippen LogP contribution in [0.3, 0.4) is 0 Å². The Bertz CT molecular complexity index is 668. The second kappa shape index (κ2) is 7.19. The average molecular weight is 321 g/mol. The summed E-state index contributed by atoms with van der Waals surface area (Å²) >= 11 is 0. The second-order valence-electron chi connectivity index (χ2n) is 5.14. The summed E-state index contributed by atoms with van der Waals surface area (Å²) in [4.78, 5) is 13.8. The van der Waals surface area contributed by atoms with E-state index >= 15 is 0 Å². The van der Waals surface area contributed by atoms with Crippen LogP contribution in [0.4, 0.5) is 8.78 Å². The van der Waals surface area contributed by atoms with Crippen LogP contribution in [0.15, 0.2) is 42.5 Å². The molecule has 2 aromatic carbocycles. The molecule has 0 aliphatic heterocycles. The van der Waals surface area contributed by atoms with Crippen molar-refractivity contribution < 1.29 is 23.8 Å². The summed E-state index contributed by atoms with van der Waals surface area (Å²) in [5.41, 5.74) is 0.594. The molecule has 23 heavy (non-hydrogen) atoms. The van der Waals surface area contributed by atoms with E-state index in [1.54, 1.807) is 12.1 Å². The maximum atomic E-state index is 13.4. The third-order valence-corrected chi connectivity index (χ3v) is 3.64. The zero-order valence-electron chi connectivity index (χ0n) is 12.5. The van der Waals surface area contributed by atoms with Gasteiger partial charge in [0.25, 0.3) is 5.91 Å². The van der Waals surface area contributed by atoms with Crippen molar-refractivity contribution in [3.63, 3.8) is 0 Å². The molecule has 2 N–H and O–H groups in total. The number of aliphatic hydroxyl groups is 1. The first kappa shape index (κ1) is 16.9. The minimum absolute atomic E-state index is 0.143. The molecule has 0 spiro atoms. The minimum Gasteiger partial charge on any atom is -0.503 e. The summed E-state index contributed by atoms with van der Waals surface area (Å²) in [6.45, 7) is -0.143. The van der Waals surface area contributed by atoms with Crippen LogP contribution in [0.25, 0.3) is 0 Å². The summed E-state index contributed by atoms with van der Waals surface area (Å²) in [6, 6.07) is 10.2. The third-order valence-electron chi connectivity index (χ3n) is 3.64. The van der Waals surface area contributed by atoms with Crippen LogP contribution in [0.2, 0.25) is 0 Å². The van der Waals surface area contributed by atoms with Crippen molar-refractivity contribution in [2.45, 2.75) is 12.5 Å². The molecule has 0 heterocycles. The number of amides is 1. The van der Waals surface area contributed by atoms with Gasteiger partial charge in [-0.25, -0.2) is 8.78 Å². The maximum absolute atomic E-state index is 13.4. The van der Waals surface area contributed by atoms with Crippen molar-refractivity contribution in [3.05, 3.63) is 65.2 Å². The highest BCUT2D eigenvalue weighted by Crippen LogP contribution is 2.27. The van der Waals surface area contributed by atoms with Crippen LogP contribution < -0.4 is 0 Å². The zero-order valence-corrected chi connectivity index (χ0v) is 12.5. The van der Waals surface area contributed by atoms with Gasteiger partial charge >= 0.3 is 0 Å². The van der Waals surface area contributed by atoms with Gasteiger partial charge < -0.3 is 15.1 Å². The van der Waals surface area contributed by atoms with Gasteiger partial charge in [-0.2, -0.15) is 0 Å². The molecule has 1 atom stereocenters. The van der Waals surface area contributed by atoms with Gasteiger partial charge in [-0.05, 0) is 24.1 Å². The van der Waals surface area contributed by atoms with E-state index in [-0.39, 0.29) is 18.6 Å². The molecule has 6 heteroatoms. The highest BCUT2D eigenvalue weighted by Gasteiger charge is 2.24. The van der Waals surface area contributed by atoms with Crippen molar-refractivity contribution >= 4 is 5.91 Å². The molecule has 1 unspecified atom stereocenters. The molecule has 0 aromatic heterocycles. The van der Waals surface area contributed by atoms with Crippen LogP contribution in [-0.4, -0.2) is 34.7 Å². The minimum atomic E-state index is -1.19. The average Bonchev–Trinajstić information content (AvgIpc) is 2.56. The molecular formula is C17H17F2NO3. The lowest BCUT2D eigenvalue weighted by Gasteiger charge is -2.28. The molecule has 0 saturated heterocycles. The number of rotatable bonds is 5. The fourth-order valence-corrected chi connectivity index (χ4v) is 2.42. The highest BCUT2D eigenvalue weighted by molar-refractivity contribution is 5.94. The zero-order chi connectivity index (χ0) is 17.0. The Morgan fingerprint density at radius 3 is 2.26 bits per heavy atom. The number of nitrogens with zero attached hydrogens (tertiary/aromatic N) is 1. The molecule has 0 aliphatic carbocycles. The standard InChI is InChI=1S/C17H17F2NO3/c1-20(15(7-8-21)11-5-3-2-4-6-11)17(23)12-9-13(18)16(22)14(19)10-12/h2-6,9-10,15,21-22H,7-8H2,1H3. The van der Waals surface area contributed by atoms with Crippen molar-refractivity contribution in [1.29, 1.82) is 0 Å². The Balaban J connectivity index is 2.33. The number of phenolic OH excluding ortho intramolecular Hbond substituents is 1. The third kappa shape index (κ3) is 3.65. The predicted octanol–water partition coefficient (Wildman–Crippen LogP) is 2.87. The van der Waals surface area contributed by atoms with E-state index in [0.29, 0.717) is 0 Å². The number of halogens is 2. The largest absolute Gasteiger partial charge is 0.503 e. The Labute approximate surface area is 132 Å². The Hall–Kier alpha value is -2.47. The van der Waals surface area contributed by atoms with E-state index in [4.69, 9.17) is 5.11 Å². The predicted molar refractivity (Wildman–Crippen MR) is 81.0 cm³/mol. The fourth-order valence-electron chi connectivity index (χ4n) is 2.42. The molecular weight excluding hydrogens is 304 g/mol. The van der Waals surface area contributed by atoms with Gasteiger partial charge in [-0.3, -0.25) is 4.79 Å². The summed E-state index contributed by atoms with van der Waals surface area (Å²) < 4.78 is 26.9. The molecule has 4 nitrogen and oxygen atoms in total. The van der Waals surface area contributed by atoms with Crippen LogP contribution in [-0.2, 0) is 0 Å². The summed E-state index contributed by atoms with van der Waals surface area (Å²) in [5, 5.41) is 18.3. The van der Waals surface area contributed by atoms with E-state index < -0.39 is 29.3 Å². The Morgan fingerprint density at radius 1 is 1.17 bits per heavy atom. The molecule has 0 bridgehead atoms. The van der Waals surface area contributed by atoms with Crippen LogP contribution >= 0.6 is 0 Å². The monoisotopic (exact) mass is 321 g/mol. The van der Waals surface area contributed by atoms with Gasteiger partial charge in [0, 0.05) is 19.2 Å². The smallest absolute Gasteiger partial charge is 0.254 e. The van der Waals surface area contributed by atoms with Gasteiger partial charge in [-0.15, -0.1) is 0 Å². The van der Waals surface area contributed by atoms with Crippen molar-refractivity contribution in [1.82, 2.24) is 4.90 Å². The summed E-state index contributed by atoms with van der Waals surface area (Å²) in [6.07, 6.45) is 0.287. The van der Waals surface area contributed by atoms with Crippen LogP contribution in [0, 0.1) is 11.6 Å². The number of aliphatic hydroxyl groups excluding tert-OH is 1. The first-order valence-electron chi connectivity index (χ1n) is 7.06. The van der Waals surface area contributed by atoms with E-state index in [1.165, 1.54) is 11.9 Å². The molecule has 0 fully saturated rings. The van der Waals surface area contributed by atoms with Crippen LogP contribution in [0.5, 0.6) is 5.75 Å². The molecule has 1 amide bonds. The van der Waals surface area contributed by atoms with E-state index in [2.05, 4.69) is 0 Å². The van der Waals surface area contributed by atoms with Crippen molar-refractivity contribution in [2.75, 3.05) is 13.7 Å². The number of phenols is 1. The van der Waals surface area contributed by atoms with Crippen molar-refractivity contribution in [2.24, 2.45) is 0 Å². The number of hydrogen-bond donors (Lipinski definition) is 2. The molecule has 122 valence electrons. The second-order valence-corrected chi connectivity index (χ2v) is 5.14. The number of carbonyl (C=O) groups excluding carboxylic acids is 1. The molecule has 0 saturated carbocycles. The molecule has 0 radical (unpaired) electrons. The quantitative estimate of drug-likeness (QED) is 0.890. The van der Waals surface area contributed by atoms with E-state index in [9.17, 15) is 18.7 Å². The van der Waals surface area contributed by atoms with E-state index in [0.717, 1.165) is 17.7 Å². The number of aromatic hydroxyl groups is 1. The van der Waals surface area contributed by atoms with Gasteiger partial charge in [0.15, 0.2) is 17.4 Å². The Kier molecular flexibility index (Phi) is 5.28.